The van der Waals surface area contributed by atoms with Crippen LogP contribution in [0.4, 0.5) is 0 Å². The smallest absolute Gasteiger partial charge is 0.364 e. The van der Waals surface area contributed by atoms with Crippen molar-refractivity contribution in [3.05, 3.63) is 0 Å². The minimum Gasteiger partial charge on any atom is -0.477 e. The molecule has 1 aliphatic rings. The first-order valence-electron chi connectivity index (χ1n) is 6.50. The lowest BCUT2D eigenvalue weighted by Crippen LogP contribution is -2.65. The van der Waals surface area contributed by atoms with Gasteiger partial charge >= 0.3 is 5.97 Å². The number of nitrogens with one attached hydrogen (secondary N) is 1. The molecule has 1 amide bonds. The first-order valence-corrected chi connectivity index (χ1v) is 6.50. The highest BCUT2D eigenvalue weighted by Gasteiger charge is 2.52. The molecule has 9 nitrogen and oxygen atoms in total. The monoisotopic (exact) mass is 307 g/mol. The van der Waals surface area contributed by atoms with E-state index in [1.807, 2.05) is 0 Å². The molecular weight excluding hydrogens is 286 g/mol. The number of carboxylic acid groups (broad SMARTS) is 1. The fourth-order valence-corrected chi connectivity index (χ4v) is 2.44. The van der Waals surface area contributed by atoms with Crippen molar-refractivity contribution in [2.24, 2.45) is 5.92 Å². The highest BCUT2D eigenvalue weighted by Crippen LogP contribution is 2.33. The number of ether oxygens (including phenoxy) is 1. The average molecular weight is 307 g/mol. The van der Waals surface area contributed by atoms with Gasteiger partial charge in [0.05, 0.1) is 12.6 Å². The summed E-state index contributed by atoms with van der Waals surface area (Å²) in [7, 11) is 0. The largest absolute Gasteiger partial charge is 0.477 e. The standard InChI is InChI=1S/C12H21NO8/c1-5-3-12(20,11(18)19)21-10(8(5)13-6(2)15)9(17)7(16)4-14/h5,7-10,14,16-17,20H,3-4H2,1-2H3,(H,13,15)(H,18,19)/t5-,7?,8+,9?,10+,12?/m1/s1. The van der Waals surface area contributed by atoms with Crippen molar-refractivity contribution < 1.29 is 39.9 Å². The zero-order valence-corrected chi connectivity index (χ0v) is 11.8. The van der Waals surface area contributed by atoms with Crippen molar-refractivity contribution in [3.63, 3.8) is 0 Å². The number of aliphatic carboxylic acids is 1. The molecule has 1 fully saturated rings. The Balaban J connectivity index is 3.07. The maximum absolute atomic E-state index is 11.2. The minimum atomic E-state index is -2.53. The maximum atomic E-state index is 11.2. The molecule has 122 valence electrons. The molecule has 1 saturated heterocycles. The van der Waals surface area contributed by atoms with E-state index in [1.54, 1.807) is 6.92 Å². The molecule has 0 bridgehead atoms. The molecule has 21 heavy (non-hydrogen) atoms. The quantitative estimate of drug-likeness (QED) is 0.323. The molecule has 0 aromatic heterocycles. The molecular formula is C12H21NO8. The van der Waals surface area contributed by atoms with Crippen molar-refractivity contribution in [1.29, 1.82) is 0 Å². The van der Waals surface area contributed by atoms with E-state index in [-0.39, 0.29) is 6.42 Å². The van der Waals surface area contributed by atoms with Gasteiger partial charge in [0, 0.05) is 13.3 Å². The molecule has 6 N–H and O–H groups in total. The average Bonchev–Trinajstić information content (AvgIpc) is 2.39. The van der Waals surface area contributed by atoms with Gasteiger partial charge in [0.15, 0.2) is 0 Å². The Kier molecular flexibility index (Phi) is 5.65. The summed E-state index contributed by atoms with van der Waals surface area (Å²) >= 11 is 0. The SMILES string of the molecule is CC(=O)N[C@H]1[C@H](C)CC(O)(C(=O)O)O[C@@H]1C(O)C(O)CO. The number of rotatable bonds is 5. The summed E-state index contributed by atoms with van der Waals surface area (Å²) in [6, 6.07) is -0.821. The van der Waals surface area contributed by atoms with Crippen LogP contribution in [0.15, 0.2) is 0 Å². The zero-order valence-electron chi connectivity index (χ0n) is 11.8. The van der Waals surface area contributed by atoms with Crippen LogP contribution in [0, 0.1) is 5.92 Å². The van der Waals surface area contributed by atoms with Gasteiger partial charge in [-0.25, -0.2) is 4.79 Å². The minimum absolute atomic E-state index is 0.300. The maximum Gasteiger partial charge on any atom is 0.364 e. The molecule has 3 unspecified atom stereocenters. The lowest BCUT2D eigenvalue weighted by Gasteiger charge is -2.45. The number of aliphatic hydroxyl groups excluding tert-OH is 3. The lowest BCUT2D eigenvalue weighted by molar-refractivity contribution is -0.288. The number of aliphatic hydroxyl groups is 4. The summed E-state index contributed by atoms with van der Waals surface area (Å²) in [5.74, 6) is -5.15. The number of carbonyl (C=O) groups is 2. The van der Waals surface area contributed by atoms with Gasteiger partial charge < -0.3 is 35.6 Å². The lowest BCUT2D eigenvalue weighted by atomic mass is 9.83. The molecule has 0 aromatic carbocycles. The van der Waals surface area contributed by atoms with E-state index in [0.717, 1.165) is 0 Å². The highest BCUT2D eigenvalue weighted by atomic mass is 16.7. The van der Waals surface area contributed by atoms with Gasteiger partial charge in [0.2, 0.25) is 5.91 Å². The Morgan fingerprint density at radius 2 is 2.00 bits per heavy atom. The molecule has 6 atom stereocenters. The van der Waals surface area contributed by atoms with Gasteiger partial charge in [-0.2, -0.15) is 0 Å². The van der Waals surface area contributed by atoms with E-state index >= 15 is 0 Å². The Labute approximate surface area is 121 Å². The highest BCUT2D eigenvalue weighted by molar-refractivity contribution is 5.76. The van der Waals surface area contributed by atoms with Crippen LogP contribution in [0.25, 0.3) is 0 Å². The Hall–Kier alpha value is -1.26. The fraction of sp³-hybridized carbons (Fsp3) is 0.833. The molecule has 1 rings (SSSR count). The van der Waals surface area contributed by atoms with Crippen LogP contribution in [0.5, 0.6) is 0 Å². The van der Waals surface area contributed by atoms with Gasteiger partial charge in [-0.3, -0.25) is 4.79 Å². The van der Waals surface area contributed by atoms with E-state index < -0.39 is 54.5 Å². The summed E-state index contributed by atoms with van der Waals surface area (Å²) in [5, 5.41) is 49.8. The first-order chi connectivity index (χ1) is 9.62. The molecule has 0 aromatic rings. The molecule has 0 spiro atoms. The van der Waals surface area contributed by atoms with Crippen LogP contribution < -0.4 is 5.32 Å². The van der Waals surface area contributed by atoms with Crippen LogP contribution in [0.3, 0.4) is 0 Å². The van der Waals surface area contributed by atoms with Gasteiger partial charge in [0.1, 0.15) is 18.3 Å². The summed E-state index contributed by atoms with van der Waals surface area (Å²) < 4.78 is 5.02. The van der Waals surface area contributed by atoms with E-state index in [4.69, 9.17) is 14.9 Å². The fourth-order valence-electron chi connectivity index (χ4n) is 2.44. The zero-order chi connectivity index (χ0) is 16.4. The van der Waals surface area contributed by atoms with Gasteiger partial charge in [-0.1, -0.05) is 6.92 Å². The number of hydrogen-bond donors (Lipinski definition) is 6. The third-order valence-electron chi connectivity index (χ3n) is 3.52. The molecule has 1 aliphatic heterocycles. The van der Waals surface area contributed by atoms with Crippen molar-refractivity contribution in [2.45, 2.75) is 50.4 Å². The predicted molar refractivity (Wildman–Crippen MR) is 67.9 cm³/mol. The van der Waals surface area contributed by atoms with E-state index in [9.17, 15) is 24.9 Å². The van der Waals surface area contributed by atoms with Crippen molar-refractivity contribution in [3.8, 4) is 0 Å². The second-order valence-electron chi connectivity index (χ2n) is 5.32. The molecule has 0 saturated carbocycles. The summed E-state index contributed by atoms with van der Waals surface area (Å²) in [6.07, 6.45) is -4.97. The van der Waals surface area contributed by atoms with E-state index in [0.29, 0.717) is 0 Å². The summed E-state index contributed by atoms with van der Waals surface area (Å²) in [6.45, 7) is 2.02. The van der Waals surface area contributed by atoms with Crippen molar-refractivity contribution >= 4 is 11.9 Å². The van der Waals surface area contributed by atoms with Crippen LogP contribution >= 0.6 is 0 Å². The van der Waals surface area contributed by atoms with Gasteiger partial charge in [-0.15, -0.1) is 0 Å². The second kappa shape index (κ2) is 6.67. The molecule has 9 heteroatoms. The van der Waals surface area contributed by atoms with E-state index in [2.05, 4.69) is 5.32 Å². The first kappa shape index (κ1) is 17.8. The number of carboxylic acids is 1. The summed E-state index contributed by atoms with van der Waals surface area (Å²) in [5.41, 5.74) is 0. The van der Waals surface area contributed by atoms with Crippen LogP contribution in [0.2, 0.25) is 0 Å². The Morgan fingerprint density at radius 1 is 1.43 bits per heavy atom. The third kappa shape index (κ3) is 3.89. The molecule has 0 aliphatic carbocycles. The normalized spacial score (nSPS) is 35.8. The summed E-state index contributed by atoms with van der Waals surface area (Å²) in [4.78, 5) is 22.3. The second-order valence-corrected chi connectivity index (χ2v) is 5.32. The van der Waals surface area contributed by atoms with Crippen LogP contribution in [-0.2, 0) is 14.3 Å². The number of carbonyl (C=O) groups excluding carboxylic acids is 1. The number of hydrogen-bond acceptors (Lipinski definition) is 7. The topological polar surface area (TPSA) is 157 Å². The van der Waals surface area contributed by atoms with Crippen LogP contribution in [0.1, 0.15) is 20.3 Å². The molecule has 0 radical (unpaired) electrons. The van der Waals surface area contributed by atoms with Gasteiger partial charge in [-0.05, 0) is 5.92 Å². The van der Waals surface area contributed by atoms with Gasteiger partial charge in [0.25, 0.3) is 5.79 Å². The van der Waals surface area contributed by atoms with E-state index in [1.165, 1.54) is 6.92 Å². The predicted octanol–water partition coefficient (Wildman–Crippen LogP) is -2.60. The molecule has 1 heterocycles. The van der Waals surface area contributed by atoms with Crippen molar-refractivity contribution in [2.75, 3.05) is 6.61 Å². The van der Waals surface area contributed by atoms with Crippen LogP contribution in [-0.4, -0.2) is 74.2 Å². The Bertz CT molecular complexity index is 403. The third-order valence-corrected chi connectivity index (χ3v) is 3.52. The Morgan fingerprint density at radius 3 is 2.43 bits per heavy atom. The van der Waals surface area contributed by atoms with Crippen molar-refractivity contribution in [1.82, 2.24) is 5.32 Å². The number of amides is 1.